The van der Waals surface area contributed by atoms with Gasteiger partial charge in [-0.3, -0.25) is 19.1 Å². The van der Waals surface area contributed by atoms with Gasteiger partial charge in [-0.1, -0.05) is 0 Å². The highest BCUT2D eigenvalue weighted by atomic mass is 19.1. The third-order valence-electron chi connectivity index (χ3n) is 5.72. The van der Waals surface area contributed by atoms with E-state index in [0.717, 1.165) is 0 Å². The molecule has 36 heavy (non-hydrogen) atoms. The summed E-state index contributed by atoms with van der Waals surface area (Å²) in [5.41, 5.74) is 0.0848. The van der Waals surface area contributed by atoms with Crippen molar-refractivity contribution in [3.63, 3.8) is 0 Å². The summed E-state index contributed by atoms with van der Waals surface area (Å²) < 4.78 is 15.9. The van der Waals surface area contributed by atoms with Crippen LogP contribution >= 0.6 is 0 Å². The van der Waals surface area contributed by atoms with E-state index in [0.29, 0.717) is 17.0 Å². The second-order valence-corrected chi connectivity index (χ2v) is 8.94. The number of pyridine rings is 1. The summed E-state index contributed by atoms with van der Waals surface area (Å²) in [7, 11) is 1.69. The van der Waals surface area contributed by atoms with E-state index in [1.807, 2.05) is 0 Å². The molecule has 4 aromatic rings. The van der Waals surface area contributed by atoms with Gasteiger partial charge < -0.3 is 21.1 Å². The Morgan fingerprint density at radius 1 is 1.19 bits per heavy atom. The molecule has 1 aliphatic rings. The maximum atomic E-state index is 13.3. The van der Waals surface area contributed by atoms with Gasteiger partial charge in [-0.25, -0.2) is 18.9 Å². The zero-order valence-electron chi connectivity index (χ0n) is 19.7. The van der Waals surface area contributed by atoms with Crippen LogP contribution < -0.4 is 21.5 Å². The first-order chi connectivity index (χ1) is 17.2. The zero-order chi connectivity index (χ0) is 25.6. The number of fused-ring (bicyclic) bond motifs is 1. The average molecular weight is 494 g/mol. The third-order valence-corrected chi connectivity index (χ3v) is 5.72. The fraction of sp³-hybridized carbons (Fsp3) is 0.304. The molecule has 1 amide bonds. The van der Waals surface area contributed by atoms with Crippen molar-refractivity contribution in [1.82, 2.24) is 34.4 Å². The van der Waals surface area contributed by atoms with Crippen molar-refractivity contribution >= 4 is 28.7 Å². The summed E-state index contributed by atoms with van der Waals surface area (Å²) in [6.45, 7) is 3.19. The molecular formula is C23H24FN9O3. The van der Waals surface area contributed by atoms with E-state index in [1.54, 1.807) is 45.3 Å². The van der Waals surface area contributed by atoms with E-state index in [-0.39, 0.29) is 29.4 Å². The Labute approximate surface area is 204 Å². The molecular weight excluding hydrogens is 469 g/mol. The molecule has 2 atom stereocenters. The Kier molecular flexibility index (Phi) is 5.63. The average Bonchev–Trinajstić information content (AvgIpc) is 3.36. The van der Waals surface area contributed by atoms with Crippen LogP contribution in [0.1, 0.15) is 36.5 Å². The molecule has 0 aliphatic heterocycles. The van der Waals surface area contributed by atoms with Crippen molar-refractivity contribution in [2.45, 2.75) is 38.1 Å². The Morgan fingerprint density at radius 2 is 1.97 bits per heavy atom. The number of halogens is 1. The second-order valence-electron chi connectivity index (χ2n) is 8.94. The first-order valence-corrected chi connectivity index (χ1v) is 11.2. The minimum Gasteiger partial charge on any atom is -0.385 e. The highest BCUT2D eigenvalue weighted by Gasteiger charge is 2.39. The summed E-state index contributed by atoms with van der Waals surface area (Å²) >= 11 is 0. The molecule has 4 heterocycles. The summed E-state index contributed by atoms with van der Waals surface area (Å²) in [6.07, 6.45) is 4.97. The van der Waals surface area contributed by atoms with Gasteiger partial charge in [-0.15, -0.1) is 5.10 Å². The maximum Gasteiger partial charge on any atom is 0.280 e. The van der Waals surface area contributed by atoms with E-state index in [1.165, 1.54) is 27.7 Å². The number of aliphatic hydroxyl groups is 1. The first-order valence-electron chi connectivity index (χ1n) is 11.2. The van der Waals surface area contributed by atoms with Crippen LogP contribution in [0.5, 0.6) is 0 Å². The lowest BCUT2D eigenvalue weighted by atomic mass is 10.1. The number of aromatic nitrogens is 6. The van der Waals surface area contributed by atoms with Crippen LogP contribution in [0.25, 0.3) is 11.5 Å². The number of carbonyl (C=O) groups excluding carboxylic acids is 1. The maximum absolute atomic E-state index is 13.3. The quantitative estimate of drug-likeness (QED) is 0.300. The van der Waals surface area contributed by atoms with Gasteiger partial charge in [0.1, 0.15) is 17.5 Å². The van der Waals surface area contributed by atoms with Crippen LogP contribution in [0, 0.1) is 0 Å². The van der Waals surface area contributed by atoms with Gasteiger partial charge >= 0.3 is 0 Å². The third kappa shape index (κ3) is 4.35. The molecule has 4 N–H and O–H groups in total. The number of amides is 1. The zero-order valence-corrected chi connectivity index (χ0v) is 19.7. The van der Waals surface area contributed by atoms with Gasteiger partial charge in [0.2, 0.25) is 0 Å². The van der Waals surface area contributed by atoms with E-state index in [4.69, 9.17) is 0 Å². The summed E-state index contributed by atoms with van der Waals surface area (Å²) in [6, 6.07) is 4.39. The Balaban J connectivity index is 1.48. The van der Waals surface area contributed by atoms with Crippen molar-refractivity contribution in [3.8, 4) is 5.82 Å². The molecule has 13 heteroatoms. The predicted octanol–water partition coefficient (Wildman–Crippen LogP) is 1.52. The molecule has 0 spiro atoms. The molecule has 1 saturated carbocycles. The number of nitrogens with one attached hydrogen (secondary N) is 3. The molecule has 12 nitrogen and oxygen atoms in total. The second kappa shape index (κ2) is 8.68. The number of hydrogen-bond donors (Lipinski definition) is 4. The smallest absolute Gasteiger partial charge is 0.280 e. The van der Waals surface area contributed by atoms with Gasteiger partial charge in [0.05, 0.1) is 36.0 Å². The fourth-order valence-corrected chi connectivity index (χ4v) is 3.59. The summed E-state index contributed by atoms with van der Waals surface area (Å²) in [5.74, 6) is 0.0530. The minimum absolute atomic E-state index is 0.136. The number of rotatable bonds is 7. The highest BCUT2D eigenvalue weighted by molar-refractivity contribution is 5.94. The van der Waals surface area contributed by atoms with Crippen LogP contribution in [-0.2, 0) is 5.60 Å². The van der Waals surface area contributed by atoms with Crippen LogP contribution in [-0.4, -0.2) is 59.4 Å². The Hall–Kier alpha value is -4.39. The van der Waals surface area contributed by atoms with Crippen LogP contribution in [0.3, 0.4) is 0 Å². The summed E-state index contributed by atoms with van der Waals surface area (Å²) in [4.78, 5) is 38.5. The normalized spacial score (nSPS) is 17.1. The molecule has 4 aromatic heterocycles. The Bertz CT molecular complexity index is 1510. The number of alkyl halides is 1. The van der Waals surface area contributed by atoms with Crippen molar-refractivity contribution < 1.29 is 14.3 Å². The molecule has 0 saturated heterocycles. The monoisotopic (exact) mass is 493 g/mol. The topological polar surface area (TPSA) is 151 Å². The largest absolute Gasteiger partial charge is 0.385 e. The van der Waals surface area contributed by atoms with Crippen molar-refractivity contribution in [2.24, 2.45) is 0 Å². The minimum atomic E-state index is -1.16. The lowest BCUT2D eigenvalue weighted by molar-refractivity contribution is 0.0734. The standard InChI is InChI=1S/C23H24FN9O3/c1-23(2,36)17-10-27-19(11-26-17)32-6-4-5-13(22(32)35)29-18-8-15(25-3)20-28-9-16(33(20)31-18)21(34)30-14-7-12(14)24/h4-6,8-12,14,25,36H,7H2,1-3H3,(H,29,31)(H,30,34). The van der Waals surface area contributed by atoms with E-state index in [9.17, 15) is 19.1 Å². The molecule has 0 aromatic carbocycles. The fourth-order valence-electron chi connectivity index (χ4n) is 3.59. The molecule has 5 rings (SSSR count). The van der Waals surface area contributed by atoms with Gasteiger partial charge in [0, 0.05) is 25.7 Å². The van der Waals surface area contributed by atoms with Gasteiger partial charge in [-0.05, 0) is 26.0 Å². The van der Waals surface area contributed by atoms with Crippen molar-refractivity contribution in [2.75, 3.05) is 17.7 Å². The number of anilines is 3. The summed E-state index contributed by atoms with van der Waals surface area (Å²) in [5, 5.41) is 23.1. The lowest BCUT2D eigenvalue weighted by Crippen LogP contribution is -2.28. The van der Waals surface area contributed by atoms with E-state index < -0.39 is 29.3 Å². The first kappa shape index (κ1) is 23.4. The lowest BCUT2D eigenvalue weighted by Gasteiger charge is -2.16. The van der Waals surface area contributed by atoms with Crippen LogP contribution in [0.15, 0.2) is 47.8 Å². The van der Waals surface area contributed by atoms with Crippen LogP contribution in [0.4, 0.5) is 21.6 Å². The molecule has 2 unspecified atom stereocenters. The SMILES string of the molecule is CNc1cc(Nc2cccn(-c3cnc(C(C)(C)O)cn3)c2=O)nn2c(C(=O)NC3CC3F)cnc12. The number of imidazole rings is 1. The van der Waals surface area contributed by atoms with Gasteiger partial charge in [-0.2, -0.15) is 0 Å². The molecule has 1 fully saturated rings. The molecule has 0 radical (unpaired) electrons. The number of carbonyl (C=O) groups is 1. The van der Waals surface area contributed by atoms with E-state index in [2.05, 4.69) is 36.0 Å². The number of nitrogens with zero attached hydrogens (tertiary/aromatic N) is 6. The molecule has 186 valence electrons. The van der Waals surface area contributed by atoms with Crippen molar-refractivity contribution in [3.05, 3.63) is 64.7 Å². The van der Waals surface area contributed by atoms with E-state index >= 15 is 0 Å². The molecule has 0 bridgehead atoms. The van der Waals surface area contributed by atoms with Gasteiger partial charge in [0.25, 0.3) is 11.5 Å². The number of hydrogen-bond acceptors (Lipinski definition) is 9. The predicted molar refractivity (Wildman–Crippen MR) is 129 cm³/mol. The highest BCUT2D eigenvalue weighted by Crippen LogP contribution is 2.26. The molecule has 1 aliphatic carbocycles. The van der Waals surface area contributed by atoms with Crippen molar-refractivity contribution in [1.29, 1.82) is 0 Å². The Morgan fingerprint density at radius 3 is 2.61 bits per heavy atom. The van der Waals surface area contributed by atoms with Gasteiger partial charge in [0.15, 0.2) is 23.0 Å². The van der Waals surface area contributed by atoms with Crippen LogP contribution in [0.2, 0.25) is 0 Å².